The number of hydrogen-bond acceptors (Lipinski definition) is 3. The predicted octanol–water partition coefficient (Wildman–Crippen LogP) is 2.27. The lowest BCUT2D eigenvalue weighted by Gasteiger charge is -2.32. The summed E-state index contributed by atoms with van der Waals surface area (Å²) in [5.41, 5.74) is 0.0297. The first-order chi connectivity index (χ1) is 10.3. The molecule has 1 aromatic rings. The summed E-state index contributed by atoms with van der Waals surface area (Å²) in [6.07, 6.45) is -4.51. The van der Waals surface area contributed by atoms with Crippen LogP contribution in [0.5, 0.6) is 0 Å². The summed E-state index contributed by atoms with van der Waals surface area (Å²) in [6, 6.07) is 5.43. The Morgan fingerprint density at radius 1 is 1.05 bits per heavy atom. The van der Waals surface area contributed by atoms with Gasteiger partial charge in [0.15, 0.2) is 0 Å². The van der Waals surface area contributed by atoms with Crippen molar-refractivity contribution >= 4 is 0 Å². The molecular formula is C16H20F3NO2. The minimum atomic E-state index is -4.32. The third kappa shape index (κ3) is 3.29. The molecule has 3 rings (SSSR count). The highest BCUT2D eigenvalue weighted by molar-refractivity contribution is 5.25. The molecular weight excluding hydrogens is 295 g/mol. The molecule has 1 heterocycles. The van der Waals surface area contributed by atoms with Gasteiger partial charge in [0.25, 0.3) is 0 Å². The molecule has 2 N–H and O–H groups in total. The van der Waals surface area contributed by atoms with E-state index in [4.69, 9.17) is 0 Å². The smallest absolute Gasteiger partial charge is 0.390 e. The summed E-state index contributed by atoms with van der Waals surface area (Å²) in [6.45, 7) is 2.01. The standard InChI is InChI=1S/C16H20F3NO2/c17-16(18,19)13-3-1-2-10(4-13)7-20-8-11-5-14(21)15(22)6-12(11)9-20/h1-4,11-12,14-15,21-22H,5-9H2/t11-,12+,14+,15-. The highest BCUT2D eigenvalue weighted by atomic mass is 19.4. The summed E-state index contributed by atoms with van der Waals surface area (Å²) in [4.78, 5) is 2.12. The second-order valence-electron chi connectivity index (χ2n) is 6.52. The van der Waals surface area contributed by atoms with E-state index < -0.39 is 23.9 Å². The molecule has 0 aromatic heterocycles. The predicted molar refractivity (Wildman–Crippen MR) is 74.9 cm³/mol. The van der Waals surface area contributed by atoms with E-state index in [-0.39, 0.29) is 0 Å². The average Bonchev–Trinajstić information content (AvgIpc) is 2.80. The summed E-state index contributed by atoms with van der Waals surface area (Å²) >= 11 is 0. The van der Waals surface area contributed by atoms with Gasteiger partial charge in [-0.1, -0.05) is 18.2 Å². The summed E-state index contributed by atoms with van der Waals surface area (Å²) in [7, 11) is 0. The zero-order valence-electron chi connectivity index (χ0n) is 12.1. The Bertz CT molecular complexity index is 516. The van der Waals surface area contributed by atoms with Gasteiger partial charge in [0.2, 0.25) is 0 Å². The van der Waals surface area contributed by atoms with Gasteiger partial charge in [0, 0.05) is 19.6 Å². The second-order valence-corrected chi connectivity index (χ2v) is 6.52. The molecule has 0 spiro atoms. The molecule has 1 aliphatic carbocycles. The van der Waals surface area contributed by atoms with Crippen LogP contribution in [0.4, 0.5) is 13.2 Å². The molecule has 2 aliphatic rings. The highest BCUT2D eigenvalue weighted by Gasteiger charge is 2.41. The summed E-state index contributed by atoms with van der Waals surface area (Å²) in [5.74, 6) is 0.647. The Hall–Kier alpha value is -1.11. The lowest BCUT2D eigenvalue weighted by molar-refractivity contribution is -0.137. The van der Waals surface area contributed by atoms with E-state index in [9.17, 15) is 23.4 Å². The number of likely N-dealkylation sites (tertiary alicyclic amines) is 1. The third-order valence-electron chi connectivity index (χ3n) is 4.85. The van der Waals surface area contributed by atoms with Gasteiger partial charge in [-0.15, -0.1) is 0 Å². The zero-order chi connectivity index (χ0) is 15.9. The van der Waals surface area contributed by atoms with Crippen molar-refractivity contribution in [3.63, 3.8) is 0 Å². The minimum Gasteiger partial charge on any atom is -0.390 e. The van der Waals surface area contributed by atoms with Gasteiger partial charge in [-0.3, -0.25) is 4.90 Å². The first-order valence-corrected chi connectivity index (χ1v) is 7.57. The van der Waals surface area contributed by atoms with Crippen molar-refractivity contribution in [2.24, 2.45) is 11.8 Å². The Labute approximate surface area is 127 Å². The van der Waals surface area contributed by atoms with Crippen LogP contribution < -0.4 is 0 Å². The molecule has 1 aliphatic heterocycles. The van der Waals surface area contributed by atoms with E-state index >= 15 is 0 Å². The number of aliphatic hydroxyl groups excluding tert-OH is 2. The van der Waals surface area contributed by atoms with E-state index in [1.165, 1.54) is 12.1 Å². The maximum atomic E-state index is 12.7. The van der Waals surface area contributed by atoms with Crippen molar-refractivity contribution in [3.8, 4) is 0 Å². The number of halogens is 3. The van der Waals surface area contributed by atoms with Crippen LogP contribution in [-0.4, -0.2) is 40.4 Å². The second kappa shape index (κ2) is 5.83. The van der Waals surface area contributed by atoms with Gasteiger partial charge in [-0.25, -0.2) is 0 Å². The van der Waals surface area contributed by atoms with Crippen LogP contribution in [0.25, 0.3) is 0 Å². The summed E-state index contributed by atoms with van der Waals surface area (Å²) < 4.78 is 38.2. The SMILES string of the molecule is O[C@@H]1C[C@H]2CN(Cc3cccc(C(F)(F)F)c3)C[C@H]2C[C@@H]1O. The normalized spacial score (nSPS) is 33.0. The van der Waals surface area contributed by atoms with Gasteiger partial charge in [-0.05, 0) is 36.3 Å². The molecule has 1 saturated carbocycles. The van der Waals surface area contributed by atoms with Gasteiger partial charge >= 0.3 is 6.18 Å². The topological polar surface area (TPSA) is 43.7 Å². The Balaban J connectivity index is 1.65. The molecule has 1 aromatic carbocycles. The monoisotopic (exact) mass is 315 g/mol. The quantitative estimate of drug-likeness (QED) is 0.880. The van der Waals surface area contributed by atoms with Crippen LogP contribution >= 0.6 is 0 Å². The van der Waals surface area contributed by atoms with Crippen LogP contribution in [0, 0.1) is 11.8 Å². The van der Waals surface area contributed by atoms with E-state index in [2.05, 4.69) is 4.90 Å². The number of aliphatic hydroxyl groups is 2. The fourth-order valence-corrected chi connectivity index (χ4v) is 3.74. The molecule has 4 atom stereocenters. The van der Waals surface area contributed by atoms with Crippen molar-refractivity contribution in [2.75, 3.05) is 13.1 Å². The number of rotatable bonds is 2. The van der Waals surface area contributed by atoms with Crippen LogP contribution in [0.2, 0.25) is 0 Å². The lowest BCUT2D eigenvalue weighted by atomic mass is 9.79. The number of alkyl halides is 3. The van der Waals surface area contributed by atoms with Crippen LogP contribution in [0.1, 0.15) is 24.0 Å². The van der Waals surface area contributed by atoms with Crippen molar-refractivity contribution in [1.82, 2.24) is 4.90 Å². The Morgan fingerprint density at radius 2 is 1.64 bits per heavy atom. The molecule has 0 unspecified atom stereocenters. The number of hydrogen-bond donors (Lipinski definition) is 2. The van der Waals surface area contributed by atoms with Gasteiger partial charge in [0.05, 0.1) is 17.8 Å². The molecule has 0 bridgehead atoms. The molecule has 0 amide bonds. The van der Waals surface area contributed by atoms with E-state index in [0.717, 1.165) is 19.2 Å². The lowest BCUT2D eigenvalue weighted by Crippen LogP contribution is -2.38. The average molecular weight is 315 g/mol. The van der Waals surface area contributed by atoms with E-state index in [0.29, 0.717) is 36.8 Å². The Morgan fingerprint density at radius 3 is 2.18 bits per heavy atom. The summed E-state index contributed by atoms with van der Waals surface area (Å²) in [5, 5.41) is 19.5. The largest absolute Gasteiger partial charge is 0.416 e. The molecule has 6 heteroatoms. The highest BCUT2D eigenvalue weighted by Crippen LogP contribution is 2.37. The Kier molecular flexibility index (Phi) is 4.18. The fourth-order valence-electron chi connectivity index (χ4n) is 3.74. The van der Waals surface area contributed by atoms with Gasteiger partial charge < -0.3 is 10.2 Å². The van der Waals surface area contributed by atoms with Crippen LogP contribution in [0.3, 0.4) is 0 Å². The first kappa shape index (κ1) is 15.8. The van der Waals surface area contributed by atoms with Crippen molar-refractivity contribution in [3.05, 3.63) is 35.4 Å². The van der Waals surface area contributed by atoms with E-state index in [1.807, 2.05) is 0 Å². The maximum absolute atomic E-state index is 12.7. The molecule has 1 saturated heterocycles. The molecule has 22 heavy (non-hydrogen) atoms. The maximum Gasteiger partial charge on any atom is 0.416 e. The van der Waals surface area contributed by atoms with Crippen LogP contribution in [-0.2, 0) is 12.7 Å². The van der Waals surface area contributed by atoms with E-state index in [1.54, 1.807) is 6.07 Å². The van der Waals surface area contributed by atoms with Crippen molar-refractivity contribution in [1.29, 1.82) is 0 Å². The number of fused-ring (bicyclic) bond motifs is 1. The first-order valence-electron chi connectivity index (χ1n) is 7.57. The van der Waals surface area contributed by atoms with Gasteiger partial charge in [-0.2, -0.15) is 13.2 Å². The van der Waals surface area contributed by atoms with Crippen molar-refractivity contribution in [2.45, 2.75) is 37.8 Å². The number of nitrogens with zero attached hydrogens (tertiary/aromatic N) is 1. The molecule has 122 valence electrons. The molecule has 2 fully saturated rings. The van der Waals surface area contributed by atoms with Crippen molar-refractivity contribution < 1.29 is 23.4 Å². The zero-order valence-corrected chi connectivity index (χ0v) is 12.1. The van der Waals surface area contributed by atoms with Gasteiger partial charge in [0.1, 0.15) is 0 Å². The third-order valence-corrected chi connectivity index (χ3v) is 4.85. The fraction of sp³-hybridized carbons (Fsp3) is 0.625. The number of benzene rings is 1. The molecule has 0 radical (unpaired) electrons. The van der Waals surface area contributed by atoms with Crippen LogP contribution in [0.15, 0.2) is 24.3 Å². The molecule has 3 nitrogen and oxygen atoms in total. The minimum absolute atomic E-state index is 0.323.